The summed E-state index contributed by atoms with van der Waals surface area (Å²) in [5.41, 5.74) is 5.58. The van der Waals surface area contributed by atoms with Crippen molar-refractivity contribution in [2.24, 2.45) is 0 Å². The number of aromatic nitrogens is 2. The predicted octanol–water partition coefficient (Wildman–Crippen LogP) is 5.25. The number of carbonyl (C=O) groups is 1. The van der Waals surface area contributed by atoms with Crippen molar-refractivity contribution in [2.75, 3.05) is 13.2 Å². The van der Waals surface area contributed by atoms with Crippen LogP contribution in [0.25, 0.3) is 11.0 Å². The Morgan fingerprint density at radius 3 is 2.61 bits per heavy atom. The first-order valence-corrected chi connectivity index (χ1v) is 11.6. The maximum Gasteiger partial charge on any atom is 0.223 e. The summed E-state index contributed by atoms with van der Waals surface area (Å²) in [6, 6.07) is 24.6. The number of amides is 1. The van der Waals surface area contributed by atoms with Gasteiger partial charge in [-0.15, -0.1) is 0 Å². The first-order valence-electron chi connectivity index (χ1n) is 11.6. The van der Waals surface area contributed by atoms with Crippen molar-refractivity contribution < 1.29 is 9.53 Å². The van der Waals surface area contributed by atoms with Gasteiger partial charge in [0, 0.05) is 25.4 Å². The Labute approximate surface area is 194 Å². The zero-order valence-corrected chi connectivity index (χ0v) is 19.2. The minimum atomic E-state index is 0.0784. The number of hydrogen-bond donors (Lipinski definition) is 0. The summed E-state index contributed by atoms with van der Waals surface area (Å²) in [6.45, 7) is 6.73. The molecule has 1 fully saturated rings. The third-order valence-corrected chi connectivity index (χ3v) is 6.38. The van der Waals surface area contributed by atoms with Gasteiger partial charge in [0.2, 0.25) is 5.91 Å². The summed E-state index contributed by atoms with van der Waals surface area (Å²) in [5, 5.41) is 0. The van der Waals surface area contributed by atoms with E-state index < -0.39 is 0 Å². The Balaban J connectivity index is 1.36. The third-order valence-electron chi connectivity index (χ3n) is 6.38. The second kappa shape index (κ2) is 9.10. The van der Waals surface area contributed by atoms with E-state index in [0.717, 1.165) is 33.7 Å². The number of benzene rings is 3. The highest BCUT2D eigenvalue weighted by molar-refractivity contribution is 5.81. The molecule has 1 amide bonds. The van der Waals surface area contributed by atoms with Crippen LogP contribution < -0.4 is 4.74 Å². The van der Waals surface area contributed by atoms with Crippen molar-refractivity contribution in [3.63, 3.8) is 0 Å². The predicted molar refractivity (Wildman–Crippen MR) is 130 cm³/mol. The van der Waals surface area contributed by atoms with Gasteiger partial charge in [0.05, 0.1) is 17.6 Å². The first-order chi connectivity index (χ1) is 16.1. The number of aryl methyl sites for hydroxylation is 2. The molecule has 4 aromatic rings. The second-order valence-electron chi connectivity index (χ2n) is 8.89. The Kier molecular flexibility index (Phi) is 5.86. The van der Waals surface area contributed by atoms with Crippen molar-refractivity contribution >= 4 is 16.9 Å². The van der Waals surface area contributed by atoms with E-state index >= 15 is 0 Å². The number of carbonyl (C=O) groups excluding carboxylic acids is 1. The van der Waals surface area contributed by atoms with Crippen LogP contribution in [0, 0.1) is 13.8 Å². The zero-order chi connectivity index (χ0) is 22.8. The van der Waals surface area contributed by atoms with E-state index in [4.69, 9.17) is 9.72 Å². The van der Waals surface area contributed by atoms with Gasteiger partial charge in [-0.3, -0.25) is 4.79 Å². The summed E-state index contributed by atoms with van der Waals surface area (Å²) in [4.78, 5) is 19.7. The minimum Gasteiger partial charge on any atom is -0.491 e. The molecule has 2 heterocycles. The summed E-state index contributed by atoms with van der Waals surface area (Å²) >= 11 is 0. The molecule has 5 rings (SSSR count). The molecule has 0 N–H and O–H groups in total. The van der Waals surface area contributed by atoms with E-state index in [1.807, 2.05) is 47.4 Å². The van der Waals surface area contributed by atoms with Crippen LogP contribution in [-0.4, -0.2) is 33.5 Å². The fourth-order valence-corrected chi connectivity index (χ4v) is 4.75. The highest BCUT2D eigenvalue weighted by Crippen LogP contribution is 2.31. The Morgan fingerprint density at radius 2 is 1.79 bits per heavy atom. The fraction of sp³-hybridized carbons (Fsp3) is 0.286. The molecule has 33 heavy (non-hydrogen) atoms. The van der Waals surface area contributed by atoms with E-state index in [2.05, 4.69) is 48.7 Å². The normalized spacial score (nSPS) is 16.0. The van der Waals surface area contributed by atoms with Gasteiger partial charge >= 0.3 is 0 Å². The summed E-state index contributed by atoms with van der Waals surface area (Å²) in [6.07, 6.45) is 0.494. The smallest absolute Gasteiger partial charge is 0.223 e. The lowest BCUT2D eigenvalue weighted by Crippen LogP contribution is -2.24. The molecule has 0 radical (unpaired) electrons. The quantitative estimate of drug-likeness (QED) is 0.395. The number of likely N-dealkylation sites (tertiary alicyclic amines) is 1. The molecule has 1 unspecified atom stereocenters. The van der Waals surface area contributed by atoms with Gasteiger partial charge in [-0.2, -0.15) is 0 Å². The van der Waals surface area contributed by atoms with Crippen molar-refractivity contribution in [3.05, 3.63) is 95.3 Å². The van der Waals surface area contributed by atoms with Gasteiger partial charge in [0.1, 0.15) is 18.2 Å². The van der Waals surface area contributed by atoms with Crippen LogP contribution >= 0.6 is 0 Å². The number of ether oxygens (including phenoxy) is 1. The lowest BCUT2D eigenvalue weighted by molar-refractivity contribution is -0.128. The largest absolute Gasteiger partial charge is 0.491 e. The average molecular weight is 440 g/mol. The molecule has 1 atom stereocenters. The van der Waals surface area contributed by atoms with Crippen molar-refractivity contribution in [1.82, 2.24) is 14.5 Å². The van der Waals surface area contributed by atoms with Crippen molar-refractivity contribution in [2.45, 2.75) is 39.3 Å². The standard InChI is InChI=1S/C28H29N3O2/c1-20-12-13-26(21(2)16-20)33-15-14-31-25-11-7-6-10-24(25)29-28(31)23-17-27(32)30(19-23)18-22-8-4-3-5-9-22/h3-13,16,23H,14-15,17-19H2,1-2H3. The molecule has 1 aliphatic rings. The van der Waals surface area contributed by atoms with Gasteiger partial charge in [-0.25, -0.2) is 4.98 Å². The molecule has 1 saturated heterocycles. The van der Waals surface area contributed by atoms with Gasteiger partial charge in [-0.1, -0.05) is 60.2 Å². The van der Waals surface area contributed by atoms with Gasteiger partial charge < -0.3 is 14.2 Å². The Morgan fingerprint density at radius 1 is 1.00 bits per heavy atom. The Bertz CT molecular complexity index is 1280. The monoisotopic (exact) mass is 439 g/mol. The summed E-state index contributed by atoms with van der Waals surface area (Å²) < 4.78 is 8.37. The summed E-state index contributed by atoms with van der Waals surface area (Å²) in [5.74, 6) is 2.16. The van der Waals surface area contributed by atoms with E-state index in [9.17, 15) is 4.79 Å². The van der Waals surface area contributed by atoms with E-state index in [0.29, 0.717) is 32.7 Å². The maximum absolute atomic E-state index is 12.8. The van der Waals surface area contributed by atoms with Crippen LogP contribution in [0.3, 0.4) is 0 Å². The van der Waals surface area contributed by atoms with Crippen LogP contribution in [0.5, 0.6) is 5.75 Å². The Hall–Kier alpha value is -3.60. The van der Waals surface area contributed by atoms with E-state index in [1.165, 1.54) is 5.56 Å². The van der Waals surface area contributed by atoms with Gasteiger partial charge in [-0.05, 0) is 43.2 Å². The first kappa shape index (κ1) is 21.3. The molecule has 5 heteroatoms. The van der Waals surface area contributed by atoms with E-state index in [-0.39, 0.29) is 11.8 Å². The number of nitrogens with zero attached hydrogens (tertiary/aromatic N) is 3. The van der Waals surface area contributed by atoms with E-state index in [1.54, 1.807) is 0 Å². The molecule has 0 aliphatic carbocycles. The number of rotatable bonds is 7. The molecule has 0 bridgehead atoms. The number of imidazole rings is 1. The van der Waals surface area contributed by atoms with Gasteiger partial charge in [0.15, 0.2) is 0 Å². The number of fused-ring (bicyclic) bond motifs is 1. The lowest BCUT2D eigenvalue weighted by atomic mass is 10.1. The van der Waals surface area contributed by atoms with Crippen LogP contribution in [0.15, 0.2) is 72.8 Å². The molecule has 3 aromatic carbocycles. The SMILES string of the molecule is Cc1ccc(OCCn2c(C3CC(=O)N(Cc4ccccc4)C3)nc3ccccc32)c(C)c1. The highest BCUT2D eigenvalue weighted by atomic mass is 16.5. The minimum absolute atomic E-state index is 0.0784. The molecule has 1 aliphatic heterocycles. The molecule has 1 aromatic heterocycles. The number of para-hydroxylation sites is 2. The fourth-order valence-electron chi connectivity index (χ4n) is 4.75. The average Bonchev–Trinajstić information content (AvgIpc) is 3.36. The molecule has 168 valence electrons. The van der Waals surface area contributed by atoms with Crippen molar-refractivity contribution in [1.29, 1.82) is 0 Å². The molecule has 0 spiro atoms. The topological polar surface area (TPSA) is 47.4 Å². The molecular formula is C28H29N3O2. The summed E-state index contributed by atoms with van der Waals surface area (Å²) in [7, 11) is 0. The highest BCUT2D eigenvalue weighted by Gasteiger charge is 2.34. The number of hydrogen-bond acceptors (Lipinski definition) is 3. The van der Waals surface area contributed by atoms with Crippen LogP contribution in [-0.2, 0) is 17.9 Å². The maximum atomic E-state index is 12.8. The van der Waals surface area contributed by atoms with Gasteiger partial charge in [0.25, 0.3) is 0 Å². The molecule has 0 saturated carbocycles. The van der Waals surface area contributed by atoms with Crippen LogP contribution in [0.2, 0.25) is 0 Å². The second-order valence-corrected chi connectivity index (χ2v) is 8.89. The zero-order valence-electron chi connectivity index (χ0n) is 19.2. The lowest BCUT2D eigenvalue weighted by Gasteiger charge is -2.18. The van der Waals surface area contributed by atoms with Crippen molar-refractivity contribution in [3.8, 4) is 5.75 Å². The van der Waals surface area contributed by atoms with Crippen LogP contribution in [0.1, 0.15) is 34.9 Å². The molecular weight excluding hydrogens is 410 g/mol. The van der Waals surface area contributed by atoms with Crippen LogP contribution in [0.4, 0.5) is 0 Å². The third kappa shape index (κ3) is 4.49. The molecule has 5 nitrogen and oxygen atoms in total.